The first-order chi connectivity index (χ1) is 10.0. The highest BCUT2D eigenvalue weighted by molar-refractivity contribution is 6.32. The van der Waals surface area contributed by atoms with E-state index in [1.165, 1.54) is 31.4 Å². The summed E-state index contributed by atoms with van der Waals surface area (Å²) in [5.74, 6) is -1.09. The van der Waals surface area contributed by atoms with Gasteiger partial charge in [0.25, 0.3) is 0 Å². The number of hydrogen-bond donors (Lipinski definition) is 2. The molecular formula is C15H13ClFNO3. The normalized spacial score (nSPS) is 11.8. The summed E-state index contributed by atoms with van der Waals surface area (Å²) < 4.78 is 18.2. The van der Waals surface area contributed by atoms with E-state index in [-0.39, 0.29) is 0 Å². The van der Waals surface area contributed by atoms with E-state index in [0.717, 1.165) is 0 Å². The van der Waals surface area contributed by atoms with Crippen LogP contribution in [0.2, 0.25) is 5.02 Å². The fraction of sp³-hybridized carbons (Fsp3) is 0.133. The van der Waals surface area contributed by atoms with Crippen LogP contribution in [0.25, 0.3) is 0 Å². The van der Waals surface area contributed by atoms with Crippen molar-refractivity contribution < 1.29 is 19.0 Å². The number of ether oxygens (including phenoxy) is 1. The van der Waals surface area contributed by atoms with Gasteiger partial charge in [-0.05, 0) is 35.9 Å². The van der Waals surface area contributed by atoms with Gasteiger partial charge in [-0.25, -0.2) is 9.18 Å². The van der Waals surface area contributed by atoms with E-state index in [9.17, 15) is 14.3 Å². The number of anilines is 1. The largest absolute Gasteiger partial charge is 0.495 e. The standard InChI is InChI=1S/C15H13ClFNO3/c1-21-13-6-5-9(7-12(13)16)14(15(19)20)18-11-4-2-3-10(17)8-11/h2-8,14,18H,1H3,(H,19,20). The summed E-state index contributed by atoms with van der Waals surface area (Å²) in [7, 11) is 1.47. The molecule has 0 bridgehead atoms. The maximum Gasteiger partial charge on any atom is 0.330 e. The molecule has 0 aliphatic heterocycles. The highest BCUT2D eigenvalue weighted by atomic mass is 35.5. The van der Waals surface area contributed by atoms with Crippen molar-refractivity contribution in [1.82, 2.24) is 0 Å². The second-order valence-corrected chi connectivity index (χ2v) is 4.73. The second kappa shape index (κ2) is 6.45. The Morgan fingerprint density at radius 2 is 2.10 bits per heavy atom. The Hall–Kier alpha value is -2.27. The number of carbonyl (C=O) groups is 1. The zero-order valence-corrected chi connectivity index (χ0v) is 11.9. The van der Waals surface area contributed by atoms with E-state index >= 15 is 0 Å². The molecule has 1 unspecified atom stereocenters. The first kappa shape index (κ1) is 15.1. The van der Waals surface area contributed by atoms with Crippen LogP contribution in [0.1, 0.15) is 11.6 Å². The van der Waals surface area contributed by atoms with Crippen molar-refractivity contribution in [2.45, 2.75) is 6.04 Å². The number of halogens is 2. The number of methoxy groups -OCH3 is 1. The molecule has 0 saturated heterocycles. The Kier molecular flexibility index (Phi) is 4.65. The van der Waals surface area contributed by atoms with Crippen LogP contribution in [0.5, 0.6) is 5.75 Å². The van der Waals surface area contributed by atoms with Gasteiger partial charge < -0.3 is 15.2 Å². The predicted molar refractivity (Wildman–Crippen MR) is 78.4 cm³/mol. The summed E-state index contributed by atoms with van der Waals surface area (Å²) in [5.41, 5.74) is 0.812. The zero-order chi connectivity index (χ0) is 15.4. The highest BCUT2D eigenvalue weighted by Gasteiger charge is 2.21. The molecule has 6 heteroatoms. The summed E-state index contributed by atoms with van der Waals surface area (Å²) in [6.45, 7) is 0. The van der Waals surface area contributed by atoms with Crippen LogP contribution in [-0.2, 0) is 4.79 Å². The molecule has 2 aromatic carbocycles. The molecule has 0 spiro atoms. The molecule has 4 nitrogen and oxygen atoms in total. The lowest BCUT2D eigenvalue weighted by atomic mass is 10.1. The van der Waals surface area contributed by atoms with Gasteiger partial charge in [-0.3, -0.25) is 0 Å². The van der Waals surface area contributed by atoms with E-state index in [0.29, 0.717) is 22.0 Å². The number of carboxylic acids is 1. The van der Waals surface area contributed by atoms with Gasteiger partial charge in [-0.1, -0.05) is 23.7 Å². The topological polar surface area (TPSA) is 58.6 Å². The van der Waals surface area contributed by atoms with Gasteiger partial charge in [-0.2, -0.15) is 0 Å². The van der Waals surface area contributed by atoms with Crippen LogP contribution in [0.3, 0.4) is 0 Å². The Morgan fingerprint density at radius 1 is 1.33 bits per heavy atom. The van der Waals surface area contributed by atoms with Crippen LogP contribution in [0.4, 0.5) is 10.1 Å². The number of nitrogens with one attached hydrogen (secondary N) is 1. The molecule has 1 atom stereocenters. The van der Waals surface area contributed by atoms with Crippen LogP contribution in [0, 0.1) is 5.82 Å². The average Bonchev–Trinajstić information content (AvgIpc) is 2.44. The monoisotopic (exact) mass is 309 g/mol. The van der Waals surface area contributed by atoms with Gasteiger partial charge in [0.1, 0.15) is 11.6 Å². The average molecular weight is 310 g/mol. The van der Waals surface area contributed by atoms with Crippen molar-refractivity contribution in [3.8, 4) is 5.75 Å². The number of hydrogen-bond acceptors (Lipinski definition) is 3. The van der Waals surface area contributed by atoms with Gasteiger partial charge in [0.05, 0.1) is 12.1 Å². The highest BCUT2D eigenvalue weighted by Crippen LogP contribution is 2.29. The van der Waals surface area contributed by atoms with Gasteiger partial charge >= 0.3 is 5.97 Å². The van der Waals surface area contributed by atoms with E-state index < -0.39 is 17.8 Å². The maximum absolute atomic E-state index is 13.2. The molecule has 0 heterocycles. The van der Waals surface area contributed by atoms with Crippen molar-refractivity contribution in [2.75, 3.05) is 12.4 Å². The third-order valence-electron chi connectivity index (χ3n) is 2.89. The number of aliphatic carboxylic acids is 1. The molecule has 21 heavy (non-hydrogen) atoms. The van der Waals surface area contributed by atoms with Crippen LogP contribution < -0.4 is 10.1 Å². The molecule has 2 rings (SSSR count). The van der Waals surface area contributed by atoms with Crippen LogP contribution in [-0.4, -0.2) is 18.2 Å². The molecular weight excluding hydrogens is 297 g/mol. The van der Waals surface area contributed by atoms with Crippen molar-refractivity contribution in [3.63, 3.8) is 0 Å². The molecule has 0 aliphatic carbocycles. The van der Waals surface area contributed by atoms with E-state index in [1.807, 2.05) is 0 Å². The smallest absolute Gasteiger partial charge is 0.330 e. The van der Waals surface area contributed by atoms with Crippen molar-refractivity contribution >= 4 is 23.3 Å². The minimum Gasteiger partial charge on any atom is -0.495 e. The molecule has 110 valence electrons. The van der Waals surface area contributed by atoms with Crippen molar-refractivity contribution in [2.24, 2.45) is 0 Å². The third-order valence-corrected chi connectivity index (χ3v) is 3.19. The van der Waals surface area contributed by atoms with Crippen LogP contribution in [0.15, 0.2) is 42.5 Å². The lowest BCUT2D eigenvalue weighted by Gasteiger charge is -2.17. The van der Waals surface area contributed by atoms with Crippen molar-refractivity contribution in [3.05, 3.63) is 58.9 Å². The van der Waals surface area contributed by atoms with Gasteiger partial charge in [0.2, 0.25) is 0 Å². The lowest BCUT2D eigenvalue weighted by Crippen LogP contribution is -2.20. The van der Waals surface area contributed by atoms with E-state index in [2.05, 4.69) is 5.32 Å². The first-order valence-corrected chi connectivity index (χ1v) is 6.47. The van der Waals surface area contributed by atoms with Crippen LogP contribution >= 0.6 is 11.6 Å². The molecule has 0 amide bonds. The minimum absolute atomic E-state index is 0.308. The summed E-state index contributed by atoms with van der Waals surface area (Å²) in [6.07, 6.45) is 0. The van der Waals surface area contributed by atoms with E-state index in [4.69, 9.17) is 16.3 Å². The molecule has 0 fully saturated rings. The Labute approximate surface area is 126 Å². The number of carboxylic acid groups (broad SMARTS) is 1. The fourth-order valence-corrected chi connectivity index (χ4v) is 2.16. The maximum atomic E-state index is 13.2. The minimum atomic E-state index is -1.10. The zero-order valence-electron chi connectivity index (χ0n) is 11.1. The number of benzene rings is 2. The van der Waals surface area contributed by atoms with Gasteiger partial charge in [0.15, 0.2) is 6.04 Å². The van der Waals surface area contributed by atoms with Gasteiger partial charge in [-0.15, -0.1) is 0 Å². The molecule has 0 aromatic heterocycles. The molecule has 0 aliphatic rings. The summed E-state index contributed by atoms with van der Waals surface area (Å²) >= 11 is 6.00. The molecule has 0 radical (unpaired) electrons. The quantitative estimate of drug-likeness (QED) is 0.883. The summed E-state index contributed by atoms with van der Waals surface area (Å²) in [6, 6.07) is 9.23. The Balaban J connectivity index is 2.31. The SMILES string of the molecule is COc1ccc(C(Nc2cccc(F)c2)C(=O)O)cc1Cl. The Morgan fingerprint density at radius 3 is 2.67 bits per heavy atom. The lowest BCUT2D eigenvalue weighted by molar-refractivity contribution is -0.138. The fourth-order valence-electron chi connectivity index (χ4n) is 1.89. The second-order valence-electron chi connectivity index (χ2n) is 4.32. The summed E-state index contributed by atoms with van der Waals surface area (Å²) in [4.78, 5) is 11.4. The molecule has 2 aromatic rings. The van der Waals surface area contributed by atoms with Gasteiger partial charge in [0, 0.05) is 5.69 Å². The molecule has 2 N–H and O–H groups in total. The van der Waals surface area contributed by atoms with E-state index in [1.54, 1.807) is 18.2 Å². The first-order valence-electron chi connectivity index (χ1n) is 6.09. The Bertz CT molecular complexity index is 663. The van der Waals surface area contributed by atoms with Crippen molar-refractivity contribution in [1.29, 1.82) is 0 Å². The molecule has 0 saturated carbocycles. The predicted octanol–water partition coefficient (Wildman–Crippen LogP) is 3.73. The third kappa shape index (κ3) is 3.64. The summed E-state index contributed by atoms with van der Waals surface area (Å²) in [5, 5.41) is 12.4. The number of rotatable bonds is 5.